The third-order valence-electron chi connectivity index (χ3n) is 2.79. The van der Waals surface area contributed by atoms with E-state index in [4.69, 9.17) is 10.5 Å². The van der Waals surface area contributed by atoms with E-state index in [1.54, 1.807) is 37.3 Å². The summed E-state index contributed by atoms with van der Waals surface area (Å²) in [6.07, 6.45) is 0. The van der Waals surface area contributed by atoms with Crippen LogP contribution in [-0.2, 0) is 6.61 Å². The predicted octanol–water partition coefficient (Wildman–Crippen LogP) is 3.13. The van der Waals surface area contributed by atoms with E-state index in [1.165, 1.54) is 12.1 Å². The fourth-order valence-corrected chi connectivity index (χ4v) is 1.76. The number of ether oxygens (including phenoxy) is 1. The second-order valence-corrected chi connectivity index (χ2v) is 4.43. The highest BCUT2D eigenvalue weighted by Gasteiger charge is 2.09. The summed E-state index contributed by atoms with van der Waals surface area (Å²) >= 11 is 0. The number of phenolic OH excluding ortho intramolecular Hbond substituents is 1. The number of rotatable bonds is 4. The first-order chi connectivity index (χ1) is 9.06. The molecule has 0 heterocycles. The molecule has 3 N–H and O–H groups in total. The van der Waals surface area contributed by atoms with E-state index in [0.717, 1.165) is 5.56 Å². The zero-order valence-electron chi connectivity index (χ0n) is 10.6. The molecule has 0 bridgehead atoms. The quantitative estimate of drug-likeness (QED) is 0.889. The Balaban J connectivity index is 2.13. The van der Waals surface area contributed by atoms with Crippen LogP contribution in [0.25, 0.3) is 0 Å². The van der Waals surface area contributed by atoms with Gasteiger partial charge in [-0.3, -0.25) is 0 Å². The number of phenols is 1. The maximum atomic E-state index is 13.2. The first-order valence-corrected chi connectivity index (χ1v) is 6.02. The van der Waals surface area contributed by atoms with E-state index < -0.39 is 0 Å². The molecule has 0 fully saturated rings. The van der Waals surface area contributed by atoms with Crippen molar-refractivity contribution in [2.45, 2.75) is 19.6 Å². The van der Waals surface area contributed by atoms with Crippen LogP contribution in [0.4, 0.5) is 4.39 Å². The highest BCUT2D eigenvalue weighted by atomic mass is 19.1. The molecule has 100 valence electrons. The van der Waals surface area contributed by atoms with Gasteiger partial charge in [0.1, 0.15) is 23.9 Å². The zero-order valence-corrected chi connectivity index (χ0v) is 10.6. The SMILES string of the molecule is CC(N)c1cc(F)ccc1OCc1ccc(O)cc1. The fraction of sp³-hybridized carbons (Fsp3) is 0.200. The Morgan fingerprint density at radius 3 is 2.53 bits per heavy atom. The van der Waals surface area contributed by atoms with E-state index in [9.17, 15) is 9.50 Å². The van der Waals surface area contributed by atoms with Crippen molar-refractivity contribution >= 4 is 0 Å². The van der Waals surface area contributed by atoms with Crippen LogP contribution in [0.1, 0.15) is 24.1 Å². The summed E-state index contributed by atoms with van der Waals surface area (Å²) in [4.78, 5) is 0. The lowest BCUT2D eigenvalue weighted by Crippen LogP contribution is -2.08. The summed E-state index contributed by atoms with van der Waals surface area (Å²) in [6, 6.07) is 10.7. The molecule has 0 aromatic heterocycles. The molecule has 0 aliphatic carbocycles. The molecule has 0 saturated heterocycles. The summed E-state index contributed by atoms with van der Waals surface area (Å²) in [5, 5.41) is 9.19. The second-order valence-electron chi connectivity index (χ2n) is 4.43. The third-order valence-corrected chi connectivity index (χ3v) is 2.79. The van der Waals surface area contributed by atoms with Gasteiger partial charge in [0.2, 0.25) is 0 Å². The summed E-state index contributed by atoms with van der Waals surface area (Å²) in [5.74, 6) is 0.454. The molecule has 2 rings (SSSR count). The molecular formula is C15H16FNO2. The smallest absolute Gasteiger partial charge is 0.124 e. The fourth-order valence-electron chi connectivity index (χ4n) is 1.76. The van der Waals surface area contributed by atoms with Crippen molar-refractivity contribution in [3.63, 3.8) is 0 Å². The molecule has 0 aliphatic heterocycles. The van der Waals surface area contributed by atoms with Gasteiger partial charge < -0.3 is 15.6 Å². The Hall–Kier alpha value is -2.07. The number of benzene rings is 2. The molecular weight excluding hydrogens is 245 g/mol. The highest BCUT2D eigenvalue weighted by Crippen LogP contribution is 2.25. The van der Waals surface area contributed by atoms with Crippen LogP contribution in [-0.4, -0.2) is 5.11 Å². The van der Waals surface area contributed by atoms with Crippen molar-refractivity contribution in [2.24, 2.45) is 5.73 Å². The average molecular weight is 261 g/mol. The lowest BCUT2D eigenvalue weighted by molar-refractivity contribution is 0.300. The van der Waals surface area contributed by atoms with E-state index in [1.807, 2.05) is 0 Å². The first kappa shape index (κ1) is 13.4. The number of halogens is 1. The number of aromatic hydroxyl groups is 1. The zero-order chi connectivity index (χ0) is 13.8. The topological polar surface area (TPSA) is 55.5 Å². The van der Waals surface area contributed by atoms with Crippen molar-refractivity contribution in [3.05, 3.63) is 59.4 Å². The number of hydrogen-bond acceptors (Lipinski definition) is 3. The van der Waals surface area contributed by atoms with Crippen LogP contribution in [0.15, 0.2) is 42.5 Å². The Morgan fingerprint density at radius 2 is 1.89 bits per heavy atom. The second kappa shape index (κ2) is 5.71. The van der Waals surface area contributed by atoms with Gasteiger partial charge in [-0.25, -0.2) is 4.39 Å². The Labute approximate surface area is 111 Å². The summed E-state index contributed by atoms with van der Waals surface area (Å²) in [6.45, 7) is 2.12. The molecule has 3 nitrogen and oxygen atoms in total. The average Bonchev–Trinajstić information content (AvgIpc) is 2.39. The maximum absolute atomic E-state index is 13.2. The van der Waals surface area contributed by atoms with Crippen LogP contribution < -0.4 is 10.5 Å². The van der Waals surface area contributed by atoms with E-state index in [2.05, 4.69) is 0 Å². The van der Waals surface area contributed by atoms with Gasteiger partial charge in [0, 0.05) is 11.6 Å². The minimum absolute atomic E-state index is 0.210. The van der Waals surface area contributed by atoms with Gasteiger partial charge in [0.25, 0.3) is 0 Å². The van der Waals surface area contributed by atoms with E-state index in [-0.39, 0.29) is 17.6 Å². The van der Waals surface area contributed by atoms with Gasteiger partial charge in [0.15, 0.2) is 0 Å². The van der Waals surface area contributed by atoms with Gasteiger partial charge in [-0.15, -0.1) is 0 Å². The third kappa shape index (κ3) is 3.45. The Morgan fingerprint density at radius 1 is 1.21 bits per heavy atom. The molecule has 1 unspecified atom stereocenters. The molecule has 4 heteroatoms. The molecule has 0 amide bonds. The van der Waals surface area contributed by atoms with Gasteiger partial charge in [0.05, 0.1) is 0 Å². The Kier molecular flexibility index (Phi) is 4.02. The van der Waals surface area contributed by atoms with Crippen LogP contribution in [0, 0.1) is 5.82 Å². The molecule has 0 radical (unpaired) electrons. The molecule has 2 aromatic rings. The van der Waals surface area contributed by atoms with Crippen molar-refractivity contribution in [3.8, 4) is 11.5 Å². The van der Waals surface area contributed by atoms with Crippen LogP contribution in [0.5, 0.6) is 11.5 Å². The molecule has 1 atom stereocenters. The normalized spacial score (nSPS) is 12.2. The summed E-state index contributed by atoms with van der Waals surface area (Å²) in [5.41, 5.74) is 7.34. The molecule has 2 aromatic carbocycles. The highest BCUT2D eigenvalue weighted by molar-refractivity contribution is 5.36. The molecule has 19 heavy (non-hydrogen) atoms. The Bertz CT molecular complexity index is 553. The molecule has 0 spiro atoms. The van der Waals surface area contributed by atoms with Gasteiger partial charge >= 0.3 is 0 Å². The monoisotopic (exact) mass is 261 g/mol. The van der Waals surface area contributed by atoms with E-state index >= 15 is 0 Å². The van der Waals surface area contributed by atoms with E-state index in [0.29, 0.717) is 17.9 Å². The predicted molar refractivity (Wildman–Crippen MR) is 71.4 cm³/mol. The number of nitrogens with two attached hydrogens (primary N) is 1. The van der Waals surface area contributed by atoms with Crippen LogP contribution in [0.3, 0.4) is 0 Å². The van der Waals surface area contributed by atoms with Crippen molar-refractivity contribution in [1.29, 1.82) is 0 Å². The summed E-state index contributed by atoms with van der Waals surface area (Å²) < 4.78 is 18.8. The largest absolute Gasteiger partial charge is 0.508 e. The molecule has 0 saturated carbocycles. The van der Waals surface area contributed by atoms with Crippen LogP contribution >= 0.6 is 0 Å². The lowest BCUT2D eigenvalue weighted by Gasteiger charge is -2.14. The maximum Gasteiger partial charge on any atom is 0.124 e. The minimum atomic E-state index is -0.329. The van der Waals surface area contributed by atoms with Crippen molar-refractivity contribution < 1.29 is 14.2 Å². The first-order valence-electron chi connectivity index (χ1n) is 6.02. The lowest BCUT2D eigenvalue weighted by atomic mass is 10.1. The number of hydrogen-bond donors (Lipinski definition) is 2. The standard InChI is InChI=1S/C15H16FNO2/c1-10(17)14-8-12(16)4-7-15(14)19-9-11-2-5-13(18)6-3-11/h2-8,10,18H,9,17H2,1H3. The minimum Gasteiger partial charge on any atom is -0.508 e. The van der Waals surface area contributed by atoms with Crippen molar-refractivity contribution in [2.75, 3.05) is 0 Å². The van der Waals surface area contributed by atoms with Crippen LogP contribution in [0.2, 0.25) is 0 Å². The van der Waals surface area contributed by atoms with Gasteiger partial charge in [-0.05, 0) is 42.8 Å². The molecule has 0 aliphatic rings. The van der Waals surface area contributed by atoms with Gasteiger partial charge in [-0.1, -0.05) is 12.1 Å². The van der Waals surface area contributed by atoms with Gasteiger partial charge in [-0.2, -0.15) is 0 Å². The summed E-state index contributed by atoms with van der Waals surface area (Å²) in [7, 11) is 0. The van der Waals surface area contributed by atoms with Crippen molar-refractivity contribution in [1.82, 2.24) is 0 Å².